The van der Waals surface area contributed by atoms with Gasteiger partial charge in [-0.3, -0.25) is 9.59 Å². The first-order valence-electron chi connectivity index (χ1n) is 16.0. The fourth-order valence-corrected chi connectivity index (χ4v) is 4.72. The maximum absolute atomic E-state index is 12.4. The zero-order chi connectivity index (χ0) is 26.7. The van der Waals surface area contributed by atoms with Crippen molar-refractivity contribution in [3.05, 3.63) is 0 Å². The first kappa shape index (κ1) is 34.9. The number of ether oxygens (including phenoxy) is 2. The number of rotatable bonds is 27. The largest absolute Gasteiger partial charge is 0.462 e. The average molecular weight is 511 g/mol. The van der Waals surface area contributed by atoms with E-state index >= 15 is 0 Å². The van der Waals surface area contributed by atoms with Gasteiger partial charge in [-0.1, -0.05) is 118 Å². The van der Waals surface area contributed by atoms with Crippen molar-refractivity contribution in [3.63, 3.8) is 0 Å². The lowest BCUT2D eigenvalue weighted by Crippen LogP contribution is -2.19. The maximum atomic E-state index is 12.4. The predicted molar refractivity (Wildman–Crippen MR) is 153 cm³/mol. The standard InChI is InChI=1S/C32H62O4/c1-5-9-13-15-17-19-25-29(23-11-7-3)35-31(33)27-21-22-28-32(34)36-30(24-12-8-4)26-20-18-16-14-10-6-2/h29-30H,5-28H2,1-4H3. The Balaban J connectivity index is 4.15. The van der Waals surface area contributed by atoms with E-state index in [0.29, 0.717) is 25.7 Å². The van der Waals surface area contributed by atoms with E-state index < -0.39 is 0 Å². The fraction of sp³-hybridized carbons (Fsp3) is 0.938. The van der Waals surface area contributed by atoms with Gasteiger partial charge < -0.3 is 9.47 Å². The van der Waals surface area contributed by atoms with E-state index in [0.717, 1.165) is 64.2 Å². The predicted octanol–water partition coefficient (Wildman–Crippen LogP) is 10.3. The first-order valence-corrected chi connectivity index (χ1v) is 16.0. The summed E-state index contributed by atoms with van der Waals surface area (Å²) in [6, 6.07) is 0. The number of esters is 2. The van der Waals surface area contributed by atoms with Gasteiger partial charge in [0.15, 0.2) is 0 Å². The van der Waals surface area contributed by atoms with Crippen molar-refractivity contribution in [2.45, 2.75) is 194 Å². The highest BCUT2D eigenvalue weighted by molar-refractivity contribution is 5.70. The Morgan fingerprint density at radius 2 is 0.722 bits per heavy atom. The molecule has 0 bridgehead atoms. The lowest BCUT2D eigenvalue weighted by molar-refractivity contribution is -0.152. The number of hydrogen-bond donors (Lipinski definition) is 0. The highest BCUT2D eigenvalue weighted by atomic mass is 16.5. The molecule has 0 N–H and O–H groups in total. The van der Waals surface area contributed by atoms with Crippen LogP contribution in [0.1, 0.15) is 182 Å². The molecule has 0 aliphatic heterocycles. The molecule has 0 saturated carbocycles. The minimum Gasteiger partial charge on any atom is -0.462 e. The van der Waals surface area contributed by atoms with Crippen molar-refractivity contribution in [1.82, 2.24) is 0 Å². The molecule has 0 heterocycles. The molecule has 0 saturated heterocycles. The van der Waals surface area contributed by atoms with Gasteiger partial charge in [0.1, 0.15) is 12.2 Å². The summed E-state index contributed by atoms with van der Waals surface area (Å²) in [4.78, 5) is 24.8. The van der Waals surface area contributed by atoms with Gasteiger partial charge in [-0.15, -0.1) is 0 Å². The quantitative estimate of drug-likeness (QED) is 0.0814. The Bertz CT molecular complexity index is 447. The molecule has 0 aromatic carbocycles. The molecule has 0 fully saturated rings. The van der Waals surface area contributed by atoms with E-state index in [-0.39, 0.29) is 24.1 Å². The van der Waals surface area contributed by atoms with Crippen LogP contribution in [0.2, 0.25) is 0 Å². The number of carbonyl (C=O) groups excluding carboxylic acids is 2. The fourth-order valence-electron chi connectivity index (χ4n) is 4.72. The Hall–Kier alpha value is -1.06. The van der Waals surface area contributed by atoms with Crippen molar-refractivity contribution < 1.29 is 19.1 Å². The molecule has 4 nitrogen and oxygen atoms in total. The highest BCUT2D eigenvalue weighted by Crippen LogP contribution is 2.18. The summed E-state index contributed by atoms with van der Waals surface area (Å²) >= 11 is 0. The summed E-state index contributed by atoms with van der Waals surface area (Å²) < 4.78 is 11.6. The smallest absolute Gasteiger partial charge is 0.306 e. The molecule has 0 amide bonds. The second-order valence-electron chi connectivity index (χ2n) is 10.8. The first-order chi connectivity index (χ1) is 17.6. The zero-order valence-electron chi connectivity index (χ0n) is 24.8. The van der Waals surface area contributed by atoms with Crippen molar-refractivity contribution >= 4 is 11.9 Å². The summed E-state index contributed by atoms with van der Waals surface area (Å²) in [7, 11) is 0. The Morgan fingerprint density at radius 1 is 0.417 bits per heavy atom. The van der Waals surface area contributed by atoms with E-state index in [1.165, 1.54) is 64.2 Å². The highest BCUT2D eigenvalue weighted by Gasteiger charge is 2.16. The van der Waals surface area contributed by atoms with Crippen molar-refractivity contribution in [3.8, 4) is 0 Å². The van der Waals surface area contributed by atoms with Crippen LogP contribution < -0.4 is 0 Å². The van der Waals surface area contributed by atoms with Gasteiger partial charge in [-0.2, -0.15) is 0 Å². The van der Waals surface area contributed by atoms with Gasteiger partial charge >= 0.3 is 11.9 Å². The van der Waals surface area contributed by atoms with Crippen LogP contribution in [0.3, 0.4) is 0 Å². The van der Waals surface area contributed by atoms with Crippen molar-refractivity contribution in [2.24, 2.45) is 0 Å². The van der Waals surface area contributed by atoms with Crippen molar-refractivity contribution in [1.29, 1.82) is 0 Å². The Labute approximate surface area is 225 Å². The lowest BCUT2D eigenvalue weighted by atomic mass is 10.0. The second kappa shape index (κ2) is 27.0. The van der Waals surface area contributed by atoms with Crippen LogP contribution in [-0.4, -0.2) is 24.1 Å². The molecule has 0 aliphatic carbocycles. The van der Waals surface area contributed by atoms with E-state index in [1.54, 1.807) is 0 Å². The summed E-state index contributed by atoms with van der Waals surface area (Å²) in [5.74, 6) is -0.196. The molecule has 0 aliphatic rings. The Kier molecular flexibility index (Phi) is 26.2. The van der Waals surface area contributed by atoms with Gasteiger partial charge in [0.25, 0.3) is 0 Å². The van der Waals surface area contributed by atoms with Gasteiger partial charge in [-0.05, 0) is 51.4 Å². The third-order valence-corrected chi connectivity index (χ3v) is 7.13. The molecule has 2 atom stereocenters. The molecular formula is C32H62O4. The minimum atomic E-state index is -0.0978. The SMILES string of the molecule is CCCCCCCCC(CCCC)OC(=O)CCCCC(=O)OC(CCCC)CCCCCCCC. The number of hydrogen-bond acceptors (Lipinski definition) is 4. The molecule has 0 rings (SSSR count). The van der Waals surface area contributed by atoms with Crippen LogP contribution in [0, 0.1) is 0 Å². The van der Waals surface area contributed by atoms with E-state index in [1.807, 2.05) is 0 Å². The molecule has 36 heavy (non-hydrogen) atoms. The summed E-state index contributed by atoms with van der Waals surface area (Å²) in [5, 5.41) is 0. The van der Waals surface area contributed by atoms with Gasteiger partial charge in [0, 0.05) is 12.8 Å². The summed E-state index contributed by atoms with van der Waals surface area (Å²) in [6.45, 7) is 8.85. The molecule has 0 spiro atoms. The number of carbonyl (C=O) groups is 2. The third kappa shape index (κ3) is 23.3. The summed E-state index contributed by atoms with van der Waals surface area (Å²) in [6.07, 6.45) is 25.9. The van der Waals surface area contributed by atoms with Crippen LogP contribution in [-0.2, 0) is 19.1 Å². The van der Waals surface area contributed by atoms with Crippen LogP contribution in [0.15, 0.2) is 0 Å². The van der Waals surface area contributed by atoms with Crippen LogP contribution in [0.25, 0.3) is 0 Å². The molecule has 2 unspecified atom stereocenters. The lowest BCUT2D eigenvalue weighted by Gasteiger charge is -2.18. The van der Waals surface area contributed by atoms with E-state index in [9.17, 15) is 9.59 Å². The third-order valence-electron chi connectivity index (χ3n) is 7.13. The molecule has 0 radical (unpaired) electrons. The van der Waals surface area contributed by atoms with Crippen LogP contribution in [0.4, 0.5) is 0 Å². The normalized spacial score (nSPS) is 12.9. The van der Waals surface area contributed by atoms with Crippen LogP contribution in [0.5, 0.6) is 0 Å². The molecule has 0 aromatic heterocycles. The van der Waals surface area contributed by atoms with Gasteiger partial charge in [0.2, 0.25) is 0 Å². The van der Waals surface area contributed by atoms with Crippen molar-refractivity contribution in [2.75, 3.05) is 0 Å². The minimum absolute atomic E-state index is 0.0647. The van der Waals surface area contributed by atoms with Crippen LogP contribution >= 0.6 is 0 Å². The van der Waals surface area contributed by atoms with E-state index in [4.69, 9.17) is 9.47 Å². The molecule has 214 valence electrons. The summed E-state index contributed by atoms with van der Waals surface area (Å²) in [5.41, 5.74) is 0. The average Bonchev–Trinajstić information content (AvgIpc) is 2.87. The number of unbranched alkanes of at least 4 members (excludes halogenated alkanes) is 13. The maximum Gasteiger partial charge on any atom is 0.306 e. The van der Waals surface area contributed by atoms with Gasteiger partial charge in [-0.25, -0.2) is 0 Å². The monoisotopic (exact) mass is 510 g/mol. The Morgan fingerprint density at radius 3 is 1.08 bits per heavy atom. The molecular weight excluding hydrogens is 448 g/mol. The molecule has 0 aromatic rings. The van der Waals surface area contributed by atoms with E-state index in [2.05, 4.69) is 27.7 Å². The second-order valence-corrected chi connectivity index (χ2v) is 10.8. The zero-order valence-corrected chi connectivity index (χ0v) is 24.8. The molecule has 4 heteroatoms. The van der Waals surface area contributed by atoms with Gasteiger partial charge in [0.05, 0.1) is 0 Å². The topological polar surface area (TPSA) is 52.6 Å².